The SMILES string of the molecule is c1ccc(-c2nc3ccccc3c3c(-c4ccc(-c5cc(-c6cc7ccccc7c7ccccc67)nc(-c6cc7ccccc7c7ccccc67)n5)cc4)cccc23)cc1. The maximum atomic E-state index is 5.46. The first-order chi connectivity index (χ1) is 29.7. The lowest BCUT2D eigenvalue weighted by molar-refractivity contribution is 1.19. The summed E-state index contributed by atoms with van der Waals surface area (Å²) in [5.41, 5.74) is 10.3. The molecule has 3 nitrogen and oxygen atoms in total. The second kappa shape index (κ2) is 13.8. The van der Waals surface area contributed by atoms with E-state index in [1.165, 1.54) is 37.9 Å². The summed E-state index contributed by atoms with van der Waals surface area (Å²) in [5, 5.41) is 13.0. The van der Waals surface area contributed by atoms with E-state index in [2.05, 4.69) is 212 Å². The Hall–Kier alpha value is -8.01. The fourth-order valence-electron chi connectivity index (χ4n) is 9.24. The Morgan fingerprint density at radius 2 is 0.783 bits per heavy atom. The Bertz CT molecular complexity index is 3510. The van der Waals surface area contributed by atoms with Crippen LogP contribution in [0.15, 0.2) is 212 Å². The Labute approximate surface area is 346 Å². The molecule has 2 aromatic heterocycles. The average molecular weight is 762 g/mol. The van der Waals surface area contributed by atoms with Crippen LogP contribution in [0.4, 0.5) is 0 Å². The first kappa shape index (κ1) is 34.1. The van der Waals surface area contributed by atoms with Crippen molar-refractivity contribution in [2.75, 3.05) is 0 Å². The number of hydrogen-bond donors (Lipinski definition) is 0. The summed E-state index contributed by atoms with van der Waals surface area (Å²) < 4.78 is 0. The smallest absolute Gasteiger partial charge is 0.161 e. The van der Waals surface area contributed by atoms with E-state index in [9.17, 15) is 0 Å². The molecule has 0 saturated carbocycles. The molecule has 3 heteroatoms. The molecule has 0 aliphatic carbocycles. The molecule has 10 aromatic carbocycles. The van der Waals surface area contributed by atoms with Gasteiger partial charge in [0.25, 0.3) is 0 Å². The number of para-hydroxylation sites is 1. The van der Waals surface area contributed by atoms with Crippen molar-refractivity contribution in [2.24, 2.45) is 0 Å². The molecule has 0 amide bonds. The lowest BCUT2D eigenvalue weighted by Crippen LogP contribution is -1.98. The maximum absolute atomic E-state index is 5.46. The number of rotatable bonds is 5. The van der Waals surface area contributed by atoms with Gasteiger partial charge in [0.1, 0.15) is 0 Å². The number of hydrogen-bond acceptors (Lipinski definition) is 3. The van der Waals surface area contributed by atoms with Crippen molar-refractivity contribution >= 4 is 64.8 Å². The minimum Gasteiger partial charge on any atom is -0.247 e. The van der Waals surface area contributed by atoms with Gasteiger partial charge in [0.05, 0.1) is 22.6 Å². The minimum atomic E-state index is 0.701. The highest BCUT2D eigenvalue weighted by Gasteiger charge is 2.19. The summed E-state index contributed by atoms with van der Waals surface area (Å²) in [6, 6.07) is 75.7. The van der Waals surface area contributed by atoms with Crippen molar-refractivity contribution in [2.45, 2.75) is 0 Å². The minimum absolute atomic E-state index is 0.701. The highest BCUT2D eigenvalue weighted by Crippen LogP contribution is 2.41. The molecule has 0 radical (unpaired) electrons. The molecular formula is C57H35N3. The van der Waals surface area contributed by atoms with Crippen molar-refractivity contribution in [3.63, 3.8) is 0 Å². The first-order valence-corrected chi connectivity index (χ1v) is 20.4. The van der Waals surface area contributed by atoms with Crippen LogP contribution in [0.5, 0.6) is 0 Å². The molecule has 0 atom stereocenters. The molecule has 0 aliphatic heterocycles. The Morgan fingerprint density at radius 1 is 0.267 bits per heavy atom. The zero-order valence-electron chi connectivity index (χ0n) is 32.5. The Balaban J connectivity index is 1.07. The third kappa shape index (κ3) is 5.55. The van der Waals surface area contributed by atoms with Crippen molar-refractivity contribution in [1.29, 1.82) is 0 Å². The van der Waals surface area contributed by atoms with E-state index in [1.807, 2.05) is 0 Å². The summed E-state index contributed by atoms with van der Waals surface area (Å²) in [6.45, 7) is 0. The molecule has 2 heterocycles. The van der Waals surface area contributed by atoms with Crippen molar-refractivity contribution in [3.8, 4) is 56.3 Å². The number of benzene rings is 10. The predicted molar refractivity (Wildman–Crippen MR) is 252 cm³/mol. The first-order valence-electron chi connectivity index (χ1n) is 20.4. The third-order valence-electron chi connectivity index (χ3n) is 12.0. The molecule has 278 valence electrons. The average Bonchev–Trinajstić information content (AvgIpc) is 3.33. The van der Waals surface area contributed by atoms with E-state index in [0.717, 1.165) is 77.3 Å². The van der Waals surface area contributed by atoms with Gasteiger partial charge < -0.3 is 0 Å². The van der Waals surface area contributed by atoms with Gasteiger partial charge in [-0.3, -0.25) is 0 Å². The highest BCUT2D eigenvalue weighted by molar-refractivity contribution is 6.18. The highest BCUT2D eigenvalue weighted by atomic mass is 14.9. The van der Waals surface area contributed by atoms with Gasteiger partial charge in [0.2, 0.25) is 0 Å². The molecule has 60 heavy (non-hydrogen) atoms. The van der Waals surface area contributed by atoms with Gasteiger partial charge in [-0.25, -0.2) is 15.0 Å². The van der Waals surface area contributed by atoms with Crippen LogP contribution < -0.4 is 0 Å². The third-order valence-corrected chi connectivity index (χ3v) is 12.0. The van der Waals surface area contributed by atoms with Crippen molar-refractivity contribution in [1.82, 2.24) is 15.0 Å². The maximum Gasteiger partial charge on any atom is 0.161 e. The summed E-state index contributed by atoms with van der Waals surface area (Å²) in [7, 11) is 0. The second-order valence-electron chi connectivity index (χ2n) is 15.5. The van der Waals surface area contributed by atoms with Gasteiger partial charge in [0, 0.05) is 38.4 Å². The molecule has 0 saturated heterocycles. The fraction of sp³-hybridized carbons (Fsp3) is 0. The summed E-state index contributed by atoms with van der Waals surface area (Å²) >= 11 is 0. The lowest BCUT2D eigenvalue weighted by Gasteiger charge is -2.16. The molecule has 0 bridgehead atoms. The van der Waals surface area contributed by atoms with Crippen molar-refractivity contribution in [3.05, 3.63) is 212 Å². The van der Waals surface area contributed by atoms with E-state index < -0.39 is 0 Å². The normalized spacial score (nSPS) is 11.7. The van der Waals surface area contributed by atoms with Gasteiger partial charge in [-0.1, -0.05) is 188 Å². The van der Waals surface area contributed by atoms with Crippen LogP contribution in [0.1, 0.15) is 0 Å². The molecule has 0 N–H and O–H groups in total. The fourth-order valence-corrected chi connectivity index (χ4v) is 9.24. The Morgan fingerprint density at radius 3 is 1.48 bits per heavy atom. The van der Waals surface area contributed by atoms with Gasteiger partial charge in [-0.15, -0.1) is 0 Å². The summed E-state index contributed by atoms with van der Waals surface area (Å²) in [5.74, 6) is 0.701. The lowest BCUT2D eigenvalue weighted by atomic mass is 9.92. The van der Waals surface area contributed by atoms with Crippen LogP contribution >= 0.6 is 0 Å². The van der Waals surface area contributed by atoms with E-state index in [4.69, 9.17) is 15.0 Å². The largest absolute Gasteiger partial charge is 0.247 e. The van der Waals surface area contributed by atoms with Crippen LogP contribution in [0.2, 0.25) is 0 Å². The predicted octanol–water partition coefficient (Wildman–Crippen LogP) is 15.1. The zero-order valence-corrected chi connectivity index (χ0v) is 32.5. The summed E-state index contributed by atoms with van der Waals surface area (Å²) in [4.78, 5) is 16.1. The monoisotopic (exact) mass is 761 g/mol. The molecule has 12 rings (SSSR count). The molecular weight excluding hydrogens is 727 g/mol. The van der Waals surface area contributed by atoms with Crippen LogP contribution in [0, 0.1) is 0 Å². The van der Waals surface area contributed by atoms with Gasteiger partial charge in [-0.2, -0.15) is 0 Å². The number of fused-ring (bicyclic) bond motifs is 9. The van der Waals surface area contributed by atoms with Crippen LogP contribution in [0.25, 0.3) is 121 Å². The van der Waals surface area contributed by atoms with Gasteiger partial charge >= 0.3 is 0 Å². The van der Waals surface area contributed by atoms with Crippen molar-refractivity contribution < 1.29 is 0 Å². The molecule has 0 fully saturated rings. The number of aromatic nitrogens is 3. The van der Waals surface area contributed by atoms with Crippen LogP contribution in [-0.2, 0) is 0 Å². The number of pyridine rings is 1. The zero-order chi connectivity index (χ0) is 39.6. The molecule has 12 aromatic rings. The Kier molecular flexibility index (Phi) is 7.85. The van der Waals surface area contributed by atoms with E-state index in [-0.39, 0.29) is 0 Å². The van der Waals surface area contributed by atoms with Gasteiger partial charge in [-0.05, 0) is 78.5 Å². The second-order valence-corrected chi connectivity index (χ2v) is 15.5. The molecule has 0 aliphatic rings. The van der Waals surface area contributed by atoms with E-state index >= 15 is 0 Å². The van der Waals surface area contributed by atoms with E-state index in [0.29, 0.717) is 5.82 Å². The number of nitrogens with zero attached hydrogens (tertiary/aromatic N) is 3. The quantitative estimate of drug-likeness (QED) is 0.164. The summed E-state index contributed by atoms with van der Waals surface area (Å²) in [6.07, 6.45) is 0. The van der Waals surface area contributed by atoms with E-state index in [1.54, 1.807) is 0 Å². The van der Waals surface area contributed by atoms with Gasteiger partial charge in [0.15, 0.2) is 5.82 Å². The standard InChI is InChI=1S/C57H35N3/c1-2-15-38(16-3-1)56-49-27-14-26-43(55(49)48-25-12-13-28-52(48)58-56)36-29-31-37(32-30-36)53-35-54(50-33-39-17-4-6-19-41(39)44-21-8-10-23-46(44)50)60-57(59-53)51-34-40-18-5-7-20-42(40)45-22-9-11-24-47(45)51/h1-35H. The molecule has 0 unspecified atom stereocenters. The van der Waals surface area contributed by atoms with Crippen LogP contribution in [-0.4, -0.2) is 15.0 Å². The van der Waals surface area contributed by atoms with Crippen LogP contribution in [0.3, 0.4) is 0 Å². The molecule has 0 spiro atoms. The topological polar surface area (TPSA) is 38.7 Å².